The summed E-state index contributed by atoms with van der Waals surface area (Å²) in [5.74, 6) is -0.108. The molecule has 0 saturated heterocycles. The van der Waals surface area contributed by atoms with Gasteiger partial charge in [-0.2, -0.15) is 0 Å². The molecule has 0 spiro atoms. The van der Waals surface area contributed by atoms with Crippen LogP contribution in [0, 0.1) is 0 Å². The summed E-state index contributed by atoms with van der Waals surface area (Å²) in [6, 6.07) is 0. The van der Waals surface area contributed by atoms with Crippen LogP contribution in [0.5, 0.6) is 0 Å². The van der Waals surface area contributed by atoms with E-state index in [-0.39, 0.29) is 5.97 Å². The van der Waals surface area contributed by atoms with E-state index in [1.165, 1.54) is 12.8 Å². The van der Waals surface area contributed by atoms with Gasteiger partial charge in [0.2, 0.25) is 0 Å². The molecule has 78 valence electrons. The average Bonchev–Trinajstić information content (AvgIpc) is 2.14. The number of hydrogen-bond acceptors (Lipinski definition) is 3. The highest BCUT2D eigenvalue weighted by molar-refractivity contribution is 5.68. The van der Waals surface area contributed by atoms with E-state index < -0.39 is 0 Å². The second kappa shape index (κ2) is 8.05. The molecule has 0 rings (SSSR count). The maximum Gasteiger partial charge on any atom is 0.305 e. The second-order valence-corrected chi connectivity index (χ2v) is 3.23. The number of esters is 1. The van der Waals surface area contributed by atoms with Crippen molar-refractivity contribution in [2.45, 2.75) is 33.1 Å². The molecule has 3 nitrogen and oxygen atoms in total. The van der Waals surface area contributed by atoms with Crippen molar-refractivity contribution in [2.75, 3.05) is 26.7 Å². The first-order chi connectivity index (χ1) is 6.20. The standard InChI is InChI=1S/C10H21NO2/c1-4-6-7-11(3)8-9-13-10(12)5-2/h4-9H2,1-3H3. The summed E-state index contributed by atoms with van der Waals surface area (Å²) in [4.78, 5) is 13.0. The molecule has 3 heteroatoms. The van der Waals surface area contributed by atoms with Crippen molar-refractivity contribution >= 4 is 5.97 Å². The van der Waals surface area contributed by atoms with Gasteiger partial charge in [0.15, 0.2) is 0 Å². The molecule has 0 radical (unpaired) electrons. The number of likely N-dealkylation sites (N-methyl/N-ethyl adjacent to an activating group) is 1. The smallest absolute Gasteiger partial charge is 0.305 e. The number of carbonyl (C=O) groups excluding carboxylic acids is 1. The lowest BCUT2D eigenvalue weighted by Crippen LogP contribution is -2.25. The summed E-state index contributed by atoms with van der Waals surface area (Å²) in [5.41, 5.74) is 0. The molecule has 13 heavy (non-hydrogen) atoms. The zero-order valence-electron chi connectivity index (χ0n) is 9.01. The van der Waals surface area contributed by atoms with E-state index in [0.29, 0.717) is 13.0 Å². The fraction of sp³-hybridized carbons (Fsp3) is 0.900. The molecule has 0 aromatic heterocycles. The molecule has 0 fully saturated rings. The molecule has 0 N–H and O–H groups in total. The Morgan fingerprint density at radius 3 is 2.54 bits per heavy atom. The summed E-state index contributed by atoms with van der Waals surface area (Å²) >= 11 is 0. The summed E-state index contributed by atoms with van der Waals surface area (Å²) in [6.45, 7) is 6.42. The first-order valence-electron chi connectivity index (χ1n) is 5.04. The molecular formula is C10H21NO2. The predicted molar refractivity (Wildman–Crippen MR) is 53.7 cm³/mol. The highest BCUT2D eigenvalue weighted by Gasteiger charge is 2.00. The van der Waals surface area contributed by atoms with Gasteiger partial charge in [0, 0.05) is 13.0 Å². The van der Waals surface area contributed by atoms with Crippen LogP contribution in [0.4, 0.5) is 0 Å². The van der Waals surface area contributed by atoms with E-state index in [0.717, 1.165) is 13.1 Å². The van der Waals surface area contributed by atoms with Crippen molar-refractivity contribution in [1.82, 2.24) is 4.90 Å². The lowest BCUT2D eigenvalue weighted by molar-refractivity contribution is -0.143. The topological polar surface area (TPSA) is 29.5 Å². The van der Waals surface area contributed by atoms with Gasteiger partial charge in [0.25, 0.3) is 0 Å². The van der Waals surface area contributed by atoms with Gasteiger partial charge in [0.05, 0.1) is 0 Å². The van der Waals surface area contributed by atoms with Crippen molar-refractivity contribution in [2.24, 2.45) is 0 Å². The first kappa shape index (κ1) is 12.4. The van der Waals surface area contributed by atoms with Gasteiger partial charge in [0.1, 0.15) is 6.61 Å². The van der Waals surface area contributed by atoms with Crippen LogP contribution in [0.3, 0.4) is 0 Å². The van der Waals surface area contributed by atoms with Gasteiger partial charge >= 0.3 is 5.97 Å². The molecule has 0 amide bonds. The van der Waals surface area contributed by atoms with Crippen molar-refractivity contribution in [3.05, 3.63) is 0 Å². The third-order valence-electron chi connectivity index (χ3n) is 1.92. The normalized spacial score (nSPS) is 10.5. The van der Waals surface area contributed by atoms with Crippen molar-refractivity contribution in [3.63, 3.8) is 0 Å². The molecule has 0 unspecified atom stereocenters. The summed E-state index contributed by atoms with van der Waals surface area (Å²) in [7, 11) is 2.05. The Hall–Kier alpha value is -0.570. The van der Waals surface area contributed by atoms with Crippen molar-refractivity contribution in [1.29, 1.82) is 0 Å². The highest BCUT2D eigenvalue weighted by atomic mass is 16.5. The Morgan fingerprint density at radius 1 is 1.31 bits per heavy atom. The summed E-state index contributed by atoms with van der Waals surface area (Å²) in [5, 5.41) is 0. The lowest BCUT2D eigenvalue weighted by Gasteiger charge is -2.15. The van der Waals surface area contributed by atoms with E-state index in [2.05, 4.69) is 18.9 Å². The van der Waals surface area contributed by atoms with Crippen LogP contribution in [0.2, 0.25) is 0 Å². The molecule has 0 aliphatic carbocycles. The highest BCUT2D eigenvalue weighted by Crippen LogP contribution is 1.92. The first-order valence-corrected chi connectivity index (χ1v) is 5.04. The number of carbonyl (C=O) groups is 1. The van der Waals surface area contributed by atoms with Gasteiger partial charge in [-0.15, -0.1) is 0 Å². The molecular weight excluding hydrogens is 166 g/mol. The molecule has 0 heterocycles. The molecule has 0 atom stereocenters. The molecule has 0 saturated carbocycles. The van der Waals surface area contributed by atoms with Crippen molar-refractivity contribution in [3.8, 4) is 0 Å². The Kier molecular flexibility index (Phi) is 7.69. The maximum absolute atomic E-state index is 10.8. The minimum Gasteiger partial charge on any atom is -0.464 e. The largest absolute Gasteiger partial charge is 0.464 e. The van der Waals surface area contributed by atoms with Gasteiger partial charge in [-0.25, -0.2) is 0 Å². The maximum atomic E-state index is 10.8. The minimum atomic E-state index is -0.108. The van der Waals surface area contributed by atoms with Crippen molar-refractivity contribution < 1.29 is 9.53 Å². The van der Waals surface area contributed by atoms with Crippen LogP contribution in [-0.2, 0) is 9.53 Å². The zero-order chi connectivity index (χ0) is 10.1. The number of hydrogen-bond donors (Lipinski definition) is 0. The van der Waals surface area contributed by atoms with Crippen LogP contribution in [0.15, 0.2) is 0 Å². The quantitative estimate of drug-likeness (QED) is 0.568. The Balaban J connectivity index is 3.26. The van der Waals surface area contributed by atoms with Gasteiger partial charge < -0.3 is 9.64 Å². The SMILES string of the molecule is CCCCN(C)CCOC(=O)CC. The van der Waals surface area contributed by atoms with E-state index in [1.54, 1.807) is 0 Å². The van der Waals surface area contributed by atoms with E-state index >= 15 is 0 Å². The van der Waals surface area contributed by atoms with E-state index in [4.69, 9.17) is 4.74 Å². The minimum absolute atomic E-state index is 0.108. The lowest BCUT2D eigenvalue weighted by atomic mass is 10.3. The molecule has 0 aromatic rings. The van der Waals surface area contributed by atoms with Gasteiger partial charge in [-0.3, -0.25) is 4.79 Å². The zero-order valence-corrected chi connectivity index (χ0v) is 9.01. The number of rotatable bonds is 7. The van der Waals surface area contributed by atoms with E-state index in [9.17, 15) is 4.79 Å². The fourth-order valence-corrected chi connectivity index (χ4v) is 0.957. The Bertz CT molecular complexity index is 137. The van der Waals surface area contributed by atoms with Crippen LogP contribution in [0.25, 0.3) is 0 Å². The summed E-state index contributed by atoms with van der Waals surface area (Å²) < 4.78 is 4.96. The monoisotopic (exact) mass is 187 g/mol. The second-order valence-electron chi connectivity index (χ2n) is 3.23. The third-order valence-corrected chi connectivity index (χ3v) is 1.92. The fourth-order valence-electron chi connectivity index (χ4n) is 0.957. The van der Waals surface area contributed by atoms with Crippen LogP contribution < -0.4 is 0 Å². The Labute approximate surface area is 81.1 Å². The van der Waals surface area contributed by atoms with Gasteiger partial charge in [-0.05, 0) is 20.0 Å². The van der Waals surface area contributed by atoms with Crippen LogP contribution in [-0.4, -0.2) is 37.6 Å². The molecule has 0 aliphatic heterocycles. The molecule has 0 bridgehead atoms. The Morgan fingerprint density at radius 2 is 2.00 bits per heavy atom. The number of nitrogens with zero attached hydrogens (tertiary/aromatic N) is 1. The van der Waals surface area contributed by atoms with E-state index in [1.807, 2.05) is 6.92 Å². The molecule has 0 aliphatic rings. The summed E-state index contributed by atoms with van der Waals surface area (Å²) in [6.07, 6.45) is 2.88. The number of unbranched alkanes of at least 4 members (excludes halogenated alkanes) is 1. The average molecular weight is 187 g/mol. The van der Waals surface area contributed by atoms with Gasteiger partial charge in [-0.1, -0.05) is 20.3 Å². The van der Waals surface area contributed by atoms with Crippen LogP contribution in [0.1, 0.15) is 33.1 Å². The molecule has 0 aromatic carbocycles. The predicted octanol–water partition coefficient (Wildman–Crippen LogP) is 1.67. The van der Waals surface area contributed by atoms with Crippen LogP contribution >= 0.6 is 0 Å². The third kappa shape index (κ3) is 7.78. The number of ether oxygens (including phenoxy) is 1.